The summed E-state index contributed by atoms with van der Waals surface area (Å²) in [6.45, 7) is 0. The number of nitrogens with zero attached hydrogens (tertiary/aromatic N) is 3. The van der Waals surface area contributed by atoms with Gasteiger partial charge in [0, 0.05) is 6.07 Å². The summed E-state index contributed by atoms with van der Waals surface area (Å²) in [6.07, 6.45) is 0. The molecule has 0 aliphatic rings. The summed E-state index contributed by atoms with van der Waals surface area (Å²) in [5.41, 5.74) is 0.154. The molecule has 0 atom stereocenters. The van der Waals surface area contributed by atoms with Crippen molar-refractivity contribution in [3.8, 4) is 23.4 Å². The monoisotopic (exact) mass is 305 g/mol. The first-order chi connectivity index (χ1) is 10.0. The van der Waals surface area contributed by atoms with Crippen LogP contribution in [0.5, 0.6) is 17.4 Å². The lowest BCUT2D eigenvalue weighted by Crippen LogP contribution is -1.95. The van der Waals surface area contributed by atoms with Gasteiger partial charge in [-0.3, -0.25) is 10.1 Å². The average molecular weight is 306 g/mol. The van der Waals surface area contributed by atoms with Crippen LogP contribution >= 0.6 is 11.6 Å². The van der Waals surface area contributed by atoms with Crippen molar-refractivity contribution in [2.75, 3.05) is 7.11 Å². The lowest BCUT2D eigenvalue weighted by Gasteiger charge is -2.09. The molecular weight excluding hydrogens is 298 g/mol. The molecule has 2 rings (SSSR count). The number of rotatable bonds is 4. The van der Waals surface area contributed by atoms with Crippen LogP contribution in [0.2, 0.25) is 5.15 Å². The molecule has 0 aliphatic carbocycles. The maximum atomic E-state index is 10.8. The zero-order valence-corrected chi connectivity index (χ0v) is 11.5. The minimum absolute atomic E-state index is 0.0443. The molecule has 8 heteroatoms. The van der Waals surface area contributed by atoms with Gasteiger partial charge in [-0.2, -0.15) is 5.26 Å². The maximum absolute atomic E-state index is 10.8. The maximum Gasteiger partial charge on any atom is 0.277 e. The Hall–Kier alpha value is -2.85. The van der Waals surface area contributed by atoms with Gasteiger partial charge in [-0.15, -0.1) is 0 Å². The molecule has 0 amide bonds. The van der Waals surface area contributed by atoms with E-state index in [1.54, 1.807) is 0 Å². The molecule has 7 nitrogen and oxygen atoms in total. The number of hydrogen-bond acceptors (Lipinski definition) is 6. The van der Waals surface area contributed by atoms with Crippen LogP contribution in [0.25, 0.3) is 0 Å². The van der Waals surface area contributed by atoms with Gasteiger partial charge in [0.25, 0.3) is 5.69 Å². The third-order valence-electron chi connectivity index (χ3n) is 2.47. The zero-order valence-electron chi connectivity index (χ0n) is 10.7. The number of methoxy groups -OCH3 is 1. The summed E-state index contributed by atoms with van der Waals surface area (Å²) in [5, 5.41) is 19.5. The first-order valence-corrected chi connectivity index (χ1v) is 5.99. The lowest BCUT2D eigenvalue weighted by molar-refractivity contribution is -0.385. The van der Waals surface area contributed by atoms with Crippen molar-refractivity contribution in [3.63, 3.8) is 0 Å². The van der Waals surface area contributed by atoms with Gasteiger partial charge >= 0.3 is 0 Å². The fraction of sp³-hybridized carbons (Fsp3) is 0.0769. The molecule has 106 valence electrons. The Morgan fingerprint density at radius 3 is 2.71 bits per heavy atom. The second-order valence-corrected chi connectivity index (χ2v) is 4.21. The Balaban J connectivity index is 2.38. The highest BCUT2D eigenvalue weighted by atomic mass is 35.5. The van der Waals surface area contributed by atoms with Crippen LogP contribution < -0.4 is 9.47 Å². The topological polar surface area (TPSA) is 98.3 Å². The van der Waals surface area contributed by atoms with Gasteiger partial charge in [0.05, 0.1) is 35.8 Å². The average Bonchev–Trinajstić information content (AvgIpc) is 2.47. The smallest absolute Gasteiger partial charge is 0.277 e. The van der Waals surface area contributed by atoms with Gasteiger partial charge in [0.1, 0.15) is 5.15 Å². The van der Waals surface area contributed by atoms with Crippen molar-refractivity contribution >= 4 is 17.3 Å². The molecule has 21 heavy (non-hydrogen) atoms. The van der Waals surface area contributed by atoms with E-state index in [1.165, 1.54) is 25.3 Å². The zero-order chi connectivity index (χ0) is 15.4. The molecule has 0 radical (unpaired) electrons. The molecule has 0 saturated heterocycles. The molecule has 2 aromatic rings. The van der Waals surface area contributed by atoms with E-state index in [0.717, 1.165) is 12.1 Å². The number of benzene rings is 1. The van der Waals surface area contributed by atoms with Gasteiger partial charge in [-0.05, 0) is 12.1 Å². The number of halogens is 1. The number of ether oxygens (including phenoxy) is 2. The largest absolute Gasteiger partial charge is 0.493 e. The lowest BCUT2D eigenvalue weighted by atomic mass is 10.2. The van der Waals surface area contributed by atoms with E-state index in [2.05, 4.69) is 4.98 Å². The molecular formula is C13H8ClN3O4. The van der Waals surface area contributed by atoms with Crippen molar-refractivity contribution in [2.24, 2.45) is 0 Å². The highest BCUT2D eigenvalue weighted by Crippen LogP contribution is 2.33. The fourth-order valence-corrected chi connectivity index (χ4v) is 1.75. The molecule has 0 spiro atoms. The second-order valence-electron chi connectivity index (χ2n) is 3.82. The summed E-state index contributed by atoms with van der Waals surface area (Å²) in [6, 6.07) is 8.73. The van der Waals surface area contributed by atoms with Crippen LogP contribution in [0.1, 0.15) is 5.56 Å². The first kappa shape index (κ1) is 14.6. The van der Waals surface area contributed by atoms with Crippen LogP contribution in [0.4, 0.5) is 5.69 Å². The second kappa shape index (κ2) is 6.07. The summed E-state index contributed by atoms with van der Waals surface area (Å²) < 4.78 is 10.5. The van der Waals surface area contributed by atoms with E-state index in [9.17, 15) is 10.1 Å². The van der Waals surface area contributed by atoms with E-state index >= 15 is 0 Å². The van der Waals surface area contributed by atoms with Gasteiger partial charge in [-0.1, -0.05) is 11.6 Å². The van der Waals surface area contributed by atoms with Gasteiger partial charge in [0.2, 0.25) is 5.88 Å². The van der Waals surface area contributed by atoms with E-state index in [4.69, 9.17) is 26.3 Å². The van der Waals surface area contributed by atoms with Gasteiger partial charge in [-0.25, -0.2) is 4.98 Å². The third kappa shape index (κ3) is 3.38. The van der Waals surface area contributed by atoms with E-state index < -0.39 is 4.92 Å². The number of hydrogen-bond donors (Lipinski definition) is 0. The van der Waals surface area contributed by atoms with Crippen molar-refractivity contribution in [1.82, 2.24) is 4.98 Å². The van der Waals surface area contributed by atoms with Crippen molar-refractivity contribution < 1.29 is 14.4 Å². The molecule has 0 fully saturated rings. The minimum Gasteiger partial charge on any atom is -0.493 e. The first-order valence-electron chi connectivity index (χ1n) is 5.61. The summed E-state index contributed by atoms with van der Waals surface area (Å²) in [4.78, 5) is 14.0. The number of pyridine rings is 1. The molecule has 0 bridgehead atoms. The number of nitriles is 1. The summed E-state index contributed by atoms with van der Waals surface area (Å²) in [5.74, 6) is 0.524. The molecule has 0 N–H and O–H groups in total. The highest BCUT2D eigenvalue weighted by Gasteiger charge is 2.14. The van der Waals surface area contributed by atoms with Gasteiger partial charge in [0.15, 0.2) is 11.5 Å². The molecule has 1 aromatic heterocycles. The standard InChI is InChI=1S/C13H8ClN3O4/c1-20-11-4-8(7-15)2-3-10(11)21-13-6-9(17(18)19)5-12(14)16-13/h2-6H,1H3. The van der Waals surface area contributed by atoms with E-state index in [0.29, 0.717) is 11.3 Å². The predicted molar refractivity (Wildman–Crippen MR) is 73.7 cm³/mol. The van der Waals surface area contributed by atoms with Crippen LogP contribution in [-0.2, 0) is 0 Å². The molecule has 0 saturated carbocycles. The SMILES string of the molecule is COc1cc(C#N)ccc1Oc1cc([N+](=O)[O-])cc(Cl)n1. The third-order valence-corrected chi connectivity index (χ3v) is 2.67. The Labute approximate surface area is 124 Å². The van der Waals surface area contributed by atoms with E-state index in [1.807, 2.05) is 6.07 Å². The minimum atomic E-state index is -0.601. The van der Waals surface area contributed by atoms with Crippen LogP contribution in [-0.4, -0.2) is 17.0 Å². The van der Waals surface area contributed by atoms with E-state index in [-0.39, 0.29) is 22.5 Å². The fourth-order valence-electron chi connectivity index (χ4n) is 1.55. The molecule has 0 aliphatic heterocycles. The summed E-state index contributed by atoms with van der Waals surface area (Å²) >= 11 is 5.71. The Bertz CT molecular complexity index is 743. The number of aromatic nitrogens is 1. The van der Waals surface area contributed by atoms with Crippen molar-refractivity contribution in [1.29, 1.82) is 5.26 Å². The molecule has 1 heterocycles. The Morgan fingerprint density at radius 2 is 2.10 bits per heavy atom. The highest BCUT2D eigenvalue weighted by molar-refractivity contribution is 6.29. The molecule has 1 aromatic carbocycles. The normalized spacial score (nSPS) is 9.76. The van der Waals surface area contributed by atoms with Crippen LogP contribution in [0.15, 0.2) is 30.3 Å². The predicted octanol–water partition coefficient (Wildman–Crippen LogP) is 3.32. The Morgan fingerprint density at radius 1 is 1.33 bits per heavy atom. The van der Waals surface area contributed by atoms with Gasteiger partial charge < -0.3 is 9.47 Å². The van der Waals surface area contributed by atoms with Crippen LogP contribution in [0.3, 0.4) is 0 Å². The summed E-state index contributed by atoms with van der Waals surface area (Å²) in [7, 11) is 1.41. The quantitative estimate of drug-likeness (QED) is 0.488. The Kier molecular flexibility index (Phi) is 4.21. The number of nitro groups is 1. The van der Waals surface area contributed by atoms with Crippen molar-refractivity contribution in [3.05, 3.63) is 51.2 Å². The van der Waals surface area contributed by atoms with Crippen LogP contribution in [0, 0.1) is 21.4 Å². The van der Waals surface area contributed by atoms with Crippen molar-refractivity contribution in [2.45, 2.75) is 0 Å². The molecule has 0 unspecified atom stereocenters.